The average Bonchev–Trinajstić information content (AvgIpc) is 3.41. The van der Waals surface area contributed by atoms with E-state index in [1.165, 1.54) is 54.6 Å². The van der Waals surface area contributed by atoms with Gasteiger partial charge in [0.25, 0.3) is 21.6 Å². The molecule has 1 heterocycles. The van der Waals surface area contributed by atoms with Gasteiger partial charge >= 0.3 is 5.97 Å². The van der Waals surface area contributed by atoms with Crippen LogP contribution in [0.3, 0.4) is 0 Å². The number of nitro groups is 1. The van der Waals surface area contributed by atoms with Crippen LogP contribution in [-0.4, -0.2) is 38.4 Å². The molecule has 5 rings (SSSR count). The summed E-state index contributed by atoms with van der Waals surface area (Å²) < 4.78 is 45.6. The van der Waals surface area contributed by atoms with E-state index in [1.54, 1.807) is 38.1 Å². The molecule has 0 radical (unpaired) electrons. The first-order valence-corrected chi connectivity index (χ1v) is 15.0. The van der Waals surface area contributed by atoms with E-state index in [2.05, 4.69) is 0 Å². The van der Waals surface area contributed by atoms with Gasteiger partial charge in [0.05, 0.1) is 28.7 Å². The zero-order valence-corrected chi connectivity index (χ0v) is 24.4. The summed E-state index contributed by atoms with van der Waals surface area (Å²) in [6.07, 6.45) is 0. The van der Waals surface area contributed by atoms with Crippen molar-refractivity contribution in [3.63, 3.8) is 0 Å². The Morgan fingerprint density at radius 1 is 0.886 bits per heavy atom. The number of benzene rings is 4. The molecule has 1 aromatic heterocycles. The molecule has 224 valence electrons. The van der Waals surface area contributed by atoms with Crippen LogP contribution >= 0.6 is 0 Å². The van der Waals surface area contributed by atoms with Crippen LogP contribution in [0.5, 0.6) is 5.75 Å². The lowest BCUT2D eigenvalue weighted by Gasteiger charge is -2.23. The Morgan fingerprint density at radius 2 is 1.57 bits per heavy atom. The number of nitrogens with zero attached hydrogens (tertiary/aromatic N) is 2. The third kappa shape index (κ3) is 5.75. The molecule has 0 aliphatic rings. The lowest BCUT2D eigenvalue weighted by molar-refractivity contribution is -0.384. The van der Waals surface area contributed by atoms with Gasteiger partial charge in [-0.15, -0.1) is 0 Å². The van der Waals surface area contributed by atoms with Crippen molar-refractivity contribution in [1.29, 1.82) is 0 Å². The predicted octanol–water partition coefficient (Wildman–Crippen LogP) is 6.62. The Bertz CT molecular complexity index is 1950. The quantitative estimate of drug-likeness (QED) is 0.0962. The van der Waals surface area contributed by atoms with Gasteiger partial charge in [-0.3, -0.25) is 14.9 Å². The Morgan fingerprint density at radius 3 is 2.18 bits per heavy atom. The van der Waals surface area contributed by atoms with Crippen LogP contribution in [0.1, 0.15) is 34.6 Å². The molecule has 0 aliphatic heterocycles. The van der Waals surface area contributed by atoms with Gasteiger partial charge in [-0.2, -0.15) is 4.31 Å². The van der Waals surface area contributed by atoms with Crippen molar-refractivity contribution in [3.8, 4) is 17.1 Å². The number of esters is 1. The minimum atomic E-state index is -4.57. The fourth-order valence-corrected chi connectivity index (χ4v) is 6.00. The van der Waals surface area contributed by atoms with Crippen molar-refractivity contribution < 1.29 is 36.8 Å². The summed E-state index contributed by atoms with van der Waals surface area (Å²) in [6.45, 7) is 3.89. The third-order valence-electron chi connectivity index (χ3n) is 6.60. The number of nitro benzene ring substituents is 1. The van der Waals surface area contributed by atoms with E-state index in [0.29, 0.717) is 22.2 Å². The van der Waals surface area contributed by atoms with Gasteiger partial charge < -0.3 is 13.9 Å². The fraction of sp³-hybridized carbons (Fsp3) is 0.125. The second kappa shape index (κ2) is 12.4. The molecule has 44 heavy (non-hydrogen) atoms. The maximum atomic E-state index is 14.1. The molecule has 0 fully saturated rings. The van der Waals surface area contributed by atoms with Crippen molar-refractivity contribution in [2.45, 2.75) is 18.7 Å². The lowest BCUT2D eigenvalue weighted by atomic mass is 10.1. The molecule has 0 bridgehead atoms. The van der Waals surface area contributed by atoms with Crippen molar-refractivity contribution >= 4 is 44.2 Å². The van der Waals surface area contributed by atoms with Crippen molar-refractivity contribution in [2.24, 2.45) is 0 Å². The largest absolute Gasteiger partial charge is 0.494 e. The van der Waals surface area contributed by atoms with Crippen LogP contribution in [0.15, 0.2) is 106 Å². The molecular formula is C32H26N2O9S. The van der Waals surface area contributed by atoms with Crippen LogP contribution in [0, 0.1) is 10.1 Å². The number of hydrogen-bond acceptors (Lipinski definition) is 9. The topological polar surface area (TPSA) is 146 Å². The Balaban J connectivity index is 1.71. The number of carbonyl (C=O) groups is 2. The van der Waals surface area contributed by atoms with E-state index in [0.717, 1.165) is 12.1 Å². The highest BCUT2D eigenvalue weighted by Gasteiger charge is 2.34. The van der Waals surface area contributed by atoms with E-state index >= 15 is 0 Å². The van der Waals surface area contributed by atoms with Gasteiger partial charge in [-0.25, -0.2) is 13.2 Å². The molecule has 0 N–H and O–H groups in total. The normalized spacial score (nSPS) is 11.2. The standard InChI is InChI=1S/C32H26N2O9S/c1-3-41-25-15-17-26(18-16-25)44(39,40)33(31(35)22-10-12-23(13-11-22)34(37)38)24-14-19-28-27(20-24)29(32(36)42-4-2)30(43-28)21-8-6-5-7-9-21/h5-20H,3-4H2,1-2H3. The highest BCUT2D eigenvalue weighted by Crippen LogP contribution is 2.38. The number of amides is 1. The van der Waals surface area contributed by atoms with Crippen LogP contribution < -0.4 is 9.04 Å². The Labute approximate surface area is 252 Å². The molecule has 0 saturated carbocycles. The monoisotopic (exact) mass is 614 g/mol. The number of hydrogen-bond donors (Lipinski definition) is 0. The highest BCUT2D eigenvalue weighted by atomic mass is 32.2. The maximum absolute atomic E-state index is 14.1. The number of sulfonamides is 1. The summed E-state index contributed by atoms with van der Waals surface area (Å²) in [5.41, 5.74) is 0.436. The minimum absolute atomic E-state index is 0.0658. The number of fused-ring (bicyclic) bond motifs is 1. The summed E-state index contributed by atoms with van der Waals surface area (Å²) in [5, 5.41) is 11.4. The predicted molar refractivity (Wildman–Crippen MR) is 162 cm³/mol. The summed E-state index contributed by atoms with van der Waals surface area (Å²) >= 11 is 0. The highest BCUT2D eigenvalue weighted by molar-refractivity contribution is 7.93. The molecular weight excluding hydrogens is 588 g/mol. The molecule has 0 aliphatic carbocycles. The van der Waals surface area contributed by atoms with Crippen molar-refractivity contribution in [3.05, 3.63) is 118 Å². The number of rotatable bonds is 10. The van der Waals surface area contributed by atoms with Gasteiger partial charge in [0.2, 0.25) is 0 Å². The molecule has 0 saturated heterocycles. The second-order valence-corrected chi connectivity index (χ2v) is 11.1. The van der Waals surface area contributed by atoms with Crippen LogP contribution in [-0.2, 0) is 14.8 Å². The van der Waals surface area contributed by atoms with Crippen molar-refractivity contribution in [1.82, 2.24) is 0 Å². The molecule has 12 heteroatoms. The number of carbonyl (C=O) groups excluding carboxylic acids is 2. The van der Waals surface area contributed by atoms with E-state index < -0.39 is 26.8 Å². The summed E-state index contributed by atoms with van der Waals surface area (Å²) in [4.78, 5) is 37.5. The van der Waals surface area contributed by atoms with E-state index in [4.69, 9.17) is 13.9 Å². The van der Waals surface area contributed by atoms with Gasteiger partial charge in [-0.05, 0) is 68.4 Å². The van der Waals surface area contributed by atoms with Crippen LogP contribution in [0.2, 0.25) is 0 Å². The summed E-state index contributed by atoms with van der Waals surface area (Å²) in [7, 11) is -4.57. The molecule has 0 atom stereocenters. The number of anilines is 1. The Hall–Kier alpha value is -5.49. The van der Waals surface area contributed by atoms with Gasteiger partial charge in [0, 0.05) is 28.6 Å². The Kier molecular flexibility index (Phi) is 8.45. The van der Waals surface area contributed by atoms with Gasteiger partial charge in [-0.1, -0.05) is 30.3 Å². The first-order valence-electron chi connectivity index (χ1n) is 13.5. The maximum Gasteiger partial charge on any atom is 0.342 e. The summed E-state index contributed by atoms with van der Waals surface area (Å²) in [6, 6.07) is 23.2. The molecule has 1 amide bonds. The lowest BCUT2D eigenvalue weighted by Crippen LogP contribution is -2.37. The molecule has 0 unspecified atom stereocenters. The van der Waals surface area contributed by atoms with Gasteiger partial charge in [0.1, 0.15) is 22.7 Å². The molecule has 11 nitrogen and oxygen atoms in total. The van der Waals surface area contributed by atoms with E-state index in [-0.39, 0.29) is 50.7 Å². The summed E-state index contributed by atoms with van der Waals surface area (Å²) in [5.74, 6) is -1.01. The van der Waals surface area contributed by atoms with Crippen LogP contribution in [0.25, 0.3) is 22.3 Å². The zero-order chi connectivity index (χ0) is 31.4. The zero-order valence-electron chi connectivity index (χ0n) is 23.6. The average molecular weight is 615 g/mol. The first-order chi connectivity index (χ1) is 21.1. The number of non-ortho nitro benzene ring substituents is 1. The molecule has 0 spiro atoms. The number of ether oxygens (including phenoxy) is 2. The third-order valence-corrected chi connectivity index (χ3v) is 8.33. The smallest absolute Gasteiger partial charge is 0.342 e. The molecule has 4 aromatic carbocycles. The van der Waals surface area contributed by atoms with Crippen LogP contribution in [0.4, 0.5) is 11.4 Å². The molecule has 5 aromatic rings. The number of furan rings is 1. The van der Waals surface area contributed by atoms with E-state index in [9.17, 15) is 28.1 Å². The van der Waals surface area contributed by atoms with Crippen molar-refractivity contribution in [2.75, 3.05) is 17.5 Å². The second-order valence-electron chi connectivity index (χ2n) is 9.36. The van der Waals surface area contributed by atoms with E-state index in [1.807, 2.05) is 6.07 Å². The first kappa shape index (κ1) is 30.0. The minimum Gasteiger partial charge on any atom is -0.494 e. The van der Waals surface area contributed by atoms with Gasteiger partial charge in [0.15, 0.2) is 0 Å². The fourth-order valence-electron chi connectivity index (χ4n) is 4.60. The SMILES string of the molecule is CCOC(=O)c1c(-c2ccccc2)oc2ccc(N(C(=O)c3ccc([N+](=O)[O-])cc3)S(=O)(=O)c3ccc(OCC)cc3)cc12.